The predicted octanol–water partition coefficient (Wildman–Crippen LogP) is 0.359. The SMILES string of the molecule is CN1Cc2cccc(N)c2C(=O)N1. The molecule has 1 heterocycles. The number of amides is 1. The largest absolute Gasteiger partial charge is 0.398 e. The summed E-state index contributed by atoms with van der Waals surface area (Å²) in [6.07, 6.45) is 0. The van der Waals surface area contributed by atoms with Gasteiger partial charge in [0.1, 0.15) is 0 Å². The predicted molar refractivity (Wildman–Crippen MR) is 49.8 cm³/mol. The van der Waals surface area contributed by atoms with Crippen LogP contribution in [0.2, 0.25) is 0 Å². The minimum absolute atomic E-state index is 0.123. The van der Waals surface area contributed by atoms with Gasteiger partial charge < -0.3 is 5.73 Å². The van der Waals surface area contributed by atoms with Gasteiger partial charge in [-0.05, 0) is 11.6 Å². The Labute approximate surface area is 76.3 Å². The van der Waals surface area contributed by atoms with Gasteiger partial charge in [0, 0.05) is 19.3 Å². The molecule has 0 fully saturated rings. The zero-order chi connectivity index (χ0) is 9.42. The van der Waals surface area contributed by atoms with E-state index in [4.69, 9.17) is 5.73 Å². The van der Waals surface area contributed by atoms with Gasteiger partial charge in [0.15, 0.2) is 0 Å². The quantitative estimate of drug-likeness (QED) is 0.562. The molecule has 3 N–H and O–H groups in total. The highest BCUT2D eigenvalue weighted by Crippen LogP contribution is 2.20. The summed E-state index contributed by atoms with van der Waals surface area (Å²) in [5, 5.41) is 1.74. The van der Waals surface area contributed by atoms with E-state index in [0.717, 1.165) is 5.56 Å². The van der Waals surface area contributed by atoms with Gasteiger partial charge in [0.25, 0.3) is 5.91 Å². The van der Waals surface area contributed by atoms with Crippen LogP contribution in [0.15, 0.2) is 18.2 Å². The van der Waals surface area contributed by atoms with Crippen LogP contribution in [0, 0.1) is 0 Å². The second kappa shape index (κ2) is 2.74. The van der Waals surface area contributed by atoms with Crippen molar-refractivity contribution in [1.82, 2.24) is 10.4 Å². The molecule has 0 atom stereocenters. The van der Waals surface area contributed by atoms with E-state index in [1.54, 1.807) is 11.1 Å². The summed E-state index contributed by atoms with van der Waals surface area (Å²) < 4.78 is 0. The van der Waals surface area contributed by atoms with Crippen molar-refractivity contribution in [1.29, 1.82) is 0 Å². The molecule has 0 aromatic heterocycles. The Morgan fingerprint density at radius 3 is 3.08 bits per heavy atom. The van der Waals surface area contributed by atoms with Crippen LogP contribution in [0.3, 0.4) is 0 Å². The highest BCUT2D eigenvalue weighted by Gasteiger charge is 2.21. The molecular formula is C9H11N3O. The van der Waals surface area contributed by atoms with Crippen molar-refractivity contribution < 1.29 is 4.79 Å². The zero-order valence-electron chi connectivity index (χ0n) is 7.37. The summed E-state index contributed by atoms with van der Waals surface area (Å²) in [5.41, 5.74) is 10.5. The van der Waals surface area contributed by atoms with Gasteiger partial charge in [-0.2, -0.15) is 0 Å². The normalized spacial score (nSPS) is 16.5. The third-order valence-corrected chi connectivity index (χ3v) is 2.11. The Bertz CT molecular complexity index is 362. The first-order valence-corrected chi connectivity index (χ1v) is 4.08. The van der Waals surface area contributed by atoms with E-state index in [9.17, 15) is 4.79 Å². The fourth-order valence-corrected chi connectivity index (χ4v) is 1.55. The maximum atomic E-state index is 11.5. The number of rotatable bonds is 0. The lowest BCUT2D eigenvalue weighted by Gasteiger charge is -2.26. The molecule has 0 spiro atoms. The first-order valence-electron chi connectivity index (χ1n) is 4.08. The number of hydrazine groups is 1. The van der Waals surface area contributed by atoms with Gasteiger partial charge >= 0.3 is 0 Å². The molecule has 0 aliphatic carbocycles. The molecule has 2 rings (SSSR count). The van der Waals surface area contributed by atoms with Crippen LogP contribution in [0.5, 0.6) is 0 Å². The van der Waals surface area contributed by atoms with E-state index in [2.05, 4.69) is 5.43 Å². The van der Waals surface area contributed by atoms with Crippen molar-refractivity contribution in [3.63, 3.8) is 0 Å². The Balaban J connectivity index is 2.55. The maximum absolute atomic E-state index is 11.5. The molecule has 0 saturated heterocycles. The number of benzene rings is 1. The number of nitrogens with two attached hydrogens (primary N) is 1. The number of hydrogen-bond acceptors (Lipinski definition) is 3. The minimum Gasteiger partial charge on any atom is -0.398 e. The van der Waals surface area contributed by atoms with Crippen molar-refractivity contribution in [2.24, 2.45) is 0 Å². The number of anilines is 1. The van der Waals surface area contributed by atoms with E-state index in [0.29, 0.717) is 17.8 Å². The number of nitrogens with zero attached hydrogens (tertiary/aromatic N) is 1. The molecule has 4 heteroatoms. The van der Waals surface area contributed by atoms with E-state index < -0.39 is 0 Å². The van der Waals surface area contributed by atoms with Gasteiger partial charge in [-0.25, -0.2) is 5.01 Å². The van der Waals surface area contributed by atoms with Gasteiger partial charge in [0.05, 0.1) is 5.56 Å². The second-order valence-corrected chi connectivity index (χ2v) is 3.18. The van der Waals surface area contributed by atoms with Crippen LogP contribution >= 0.6 is 0 Å². The topological polar surface area (TPSA) is 58.4 Å². The van der Waals surface area contributed by atoms with Crippen molar-refractivity contribution in [3.05, 3.63) is 29.3 Å². The smallest absolute Gasteiger partial charge is 0.267 e. The van der Waals surface area contributed by atoms with Crippen LogP contribution < -0.4 is 11.2 Å². The number of carbonyl (C=O) groups excluding carboxylic acids is 1. The molecule has 1 aliphatic heterocycles. The van der Waals surface area contributed by atoms with Crippen molar-refractivity contribution in [3.8, 4) is 0 Å². The fourth-order valence-electron chi connectivity index (χ4n) is 1.55. The lowest BCUT2D eigenvalue weighted by molar-refractivity contribution is 0.0788. The van der Waals surface area contributed by atoms with Crippen molar-refractivity contribution >= 4 is 11.6 Å². The number of nitrogen functional groups attached to an aromatic ring is 1. The van der Waals surface area contributed by atoms with Crippen molar-refractivity contribution in [2.45, 2.75) is 6.54 Å². The molecule has 1 aromatic rings. The Morgan fingerprint density at radius 2 is 2.31 bits per heavy atom. The third kappa shape index (κ3) is 1.25. The van der Waals surface area contributed by atoms with Crippen LogP contribution in [0.4, 0.5) is 5.69 Å². The monoisotopic (exact) mass is 177 g/mol. The Hall–Kier alpha value is -1.55. The number of hydrogen-bond donors (Lipinski definition) is 2. The molecule has 0 radical (unpaired) electrons. The average molecular weight is 177 g/mol. The summed E-state index contributed by atoms with van der Waals surface area (Å²) in [7, 11) is 1.82. The summed E-state index contributed by atoms with van der Waals surface area (Å²) in [5.74, 6) is -0.123. The minimum atomic E-state index is -0.123. The molecule has 0 saturated carbocycles. The molecule has 13 heavy (non-hydrogen) atoms. The molecule has 1 aliphatic rings. The summed E-state index contributed by atoms with van der Waals surface area (Å²) in [6, 6.07) is 5.52. The van der Waals surface area contributed by atoms with E-state index in [-0.39, 0.29) is 5.91 Å². The average Bonchev–Trinajstić information content (AvgIpc) is 2.02. The molecule has 68 valence electrons. The number of fused-ring (bicyclic) bond motifs is 1. The molecule has 4 nitrogen and oxygen atoms in total. The summed E-state index contributed by atoms with van der Waals surface area (Å²) in [6.45, 7) is 0.701. The van der Waals surface area contributed by atoms with Crippen LogP contribution in [-0.4, -0.2) is 18.0 Å². The molecule has 1 amide bonds. The Kier molecular flexibility index (Phi) is 1.70. The van der Waals surface area contributed by atoms with Crippen LogP contribution in [-0.2, 0) is 6.54 Å². The van der Waals surface area contributed by atoms with Gasteiger partial charge in [-0.1, -0.05) is 12.1 Å². The first kappa shape index (κ1) is 8.07. The summed E-state index contributed by atoms with van der Waals surface area (Å²) in [4.78, 5) is 11.5. The third-order valence-electron chi connectivity index (χ3n) is 2.11. The lowest BCUT2D eigenvalue weighted by Crippen LogP contribution is -2.43. The van der Waals surface area contributed by atoms with Gasteiger partial charge in [0.2, 0.25) is 0 Å². The van der Waals surface area contributed by atoms with Gasteiger partial charge in [-0.3, -0.25) is 10.2 Å². The molecule has 0 unspecified atom stereocenters. The highest BCUT2D eigenvalue weighted by molar-refractivity contribution is 6.01. The van der Waals surface area contributed by atoms with Crippen LogP contribution in [0.1, 0.15) is 15.9 Å². The summed E-state index contributed by atoms with van der Waals surface area (Å²) >= 11 is 0. The number of carbonyl (C=O) groups is 1. The molecule has 1 aromatic carbocycles. The van der Waals surface area contributed by atoms with Crippen molar-refractivity contribution in [2.75, 3.05) is 12.8 Å². The highest BCUT2D eigenvalue weighted by atomic mass is 16.2. The first-order chi connectivity index (χ1) is 6.18. The van der Waals surface area contributed by atoms with Crippen LogP contribution in [0.25, 0.3) is 0 Å². The standard InChI is InChI=1S/C9H11N3O/c1-12-5-6-3-2-4-7(10)8(6)9(13)11-12/h2-4H,5,10H2,1H3,(H,11,13). The van der Waals surface area contributed by atoms with E-state index in [1.165, 1.54) is 0 Å². The zero-order valence-corrected chi connectivity index (χ0v) is 7.37. The van der Waals surface area contributed by atoms with Gasteiger partial charge in [-0.15, -0.1) is 0 Å². The number of nitrogens with one attached hydrogen (secondary N) is 1. The van der Waals surface area contributed by atoms with E-state index >= 15 is 0 Å². The van der Waals surface area contributed by atoms with E-state index in [1.807, 2.05) is 19.2 Å². The lowest BCUT2D eigenvalue weighted by atomic mass is 10.0. The second-order valence-electron chi connectivity index (χ2n) is 3.18. The molecule has 0 bridgehead atoms. The fraction of sp³-hybridized carbons (Fsp3) is 0.222. The maximum Gasteiger partial charge on any atom is 0.267 e. The molecular weight excluding hydrogens is 166 g/mol. The Morgan fingerprint density at radius 1 is 1.54 bits per heavy atom.